The molecule has 1 saturated heterocycles. The minimum atomic E-state index is -3.22. The third kappa shape index (κ3) is 3.68. The number of nitrogens with zero attached hydrogens (tertiary/aromatic N) is 4. The van der Waals surface area contributed by atoms with Gasteiger partial charge in [0.2, 0.25) is 0 Å². The molecule has 1 fully saturated rings. The van der Waals surface area contributed by atoms with E-state index in [1.165, 1.54) is 6.26 Å². The van der Waals surface area contributed by atoms with Gasteiger partial charge < -0.3 is 9.80 Å². The van der Waals surface area contributed by atoms with E-state index in [4.69, 9.17) is 21.6 Å². The maximum atomic E-state index is 11.8. The average molecular weight is 465 g/mol. The van der Waals surface area contributed by atoms with Gasteiger partial charge in [0.15, 0.2) is 20.1 Å². The van der Waals surface area contributed by atoms with Crippen molar-refractivity contribution in [3.63, 3.8) is 0 Å². The molecule has 0 bridgehead atoms. The summed E-state index contributed by atoms with van der Waals surface area (Å²) in [4.78, 5) is 14.3. The van der Waals surface area contributed by atoms with Crippen LogP contribution in [0.25, 0.3) is 20.4 Å². The van der Waals surface area contributed by atoms with Crippen LogP contribution in [0.3, 0.4) is 0 Å². The van der Waals surface area contributed by atoms with Crippen molar-refractivity contribution in [2.24, 2.45) is 0 Å². The van der Waals surface area contributed by atoms with Crippen LogP contribution in [0.5, 0.6) is 0 Å². The molecule has 4 aromatic rings. The molecule has 1 aliphatic heterocycles. The second kappa shape index (κ2) is 7.09. The third-order valence-electron chi connectivity index (χ3n) is 4.94. The lowest BCUT2D eigenvalue weighted by Gasteiger charge is -2.34. The quantitative estimate of drug-likeness (QED) is 0.450. The van der Waals surface area contributed by atoms with Crippen LogP contribution in [0.15, 0.2) is 41.3 Å². The van der Waals surface area contributed by atoms with E-state index in [1.807, 2.05) is 18.2 Å². The zero-order valence-corrected chi connectivity index (χ0v) is 18.7. The summed E-state index contributed by atoms with van der Waals surface area (Å²) >= 11 is 9.29. The Kier molecular flexibility index (Phi) is 4.65. The summed E-state index contributed by atoms with van der Waals surface area (Å²) in [6.45, 7) is 3.40. The normalized spacial score (nSPS) is 15.5. The van der Waals surface area contributed by atoms with Gasteiger partial charge in [-0.2, -0.15) is 0 Å². The number of anilines is 2. The SMILES string of the molecule is CS(=O)(=O)c1ccc2nc(N3CCN(c4nc5ccc(Cl)cc5s4)CC3)sc2c1. The third-order valence-corrected chi connectivity index (χ3v) is 8.44. The smallest absolute Gasteiger partial charge is 0.186 e. The Hall–Kier alpha value is -1.94. The molecule has 0 saturated carbocycles. The number of fused-ring (bicyclic) bond motifs is 2. The van der Waals surface area contributed by atoms with Crippen LogP contribution < -0.4 is 9.80 Å². The lowest BCUT2D eigenvalue weighted by molar-refractivity contribution is 0.602. The summed E-state index contributed by atoms with van der Waals surface area (Å²) in [6, 6.07) is 10.9. The molecule has 5 rings (SSSR count). The van der Waals surface area contributed by atoms with Crippen LogP contribution in [-0.2, 0) is 9.84 Å². The van der Waals surface area contributed by atoms with Gasteiger partial charge in [-0.05, 0) is 36.4 Å². The molecule has 0 aliphatic carbocycles. The molecule has 1 aliphatic rings. The minimum absolute atomic E-state index is 0.334. The molecular weight excluding hydrogens is 448 g/mol. The zero-order valence-electron chi connectivity index (χ0n) is 15.5. The highest BCUT2D eigenvalue weighted by atomic mass is 35.5. The lowest BCUT2D eigenvalue weighted by Crippen LogP contribution is -2.46. The fourth-order valence-corrected chi connectivity index (χ4v) is 6.44. The molecule has 150 valence electrons. The van der Waals surface area contributed by atoms with Gasteiger partial charge >= 0.3 is 0 Å². The first-order chi connectivity index (χ1) is 13.9. The summed E-state index contributed by atoms with van der Waals surface area (Å²) in [5.41, 5.74) is 1.81. The predicted molar refractivity (Wildman–Crippen MR) is 122 cm³/mol. The van der Waals surface area contributed by atoms with E-state index in [2.05, 4.69) is 9.80 Å². The predicted octanol–water partition coefficient (Wildman–Crippen LogP) is 4.29. The molecule has 0 radical (unpaired) electrons. The number of piperazine rings is 1. The number of sulfone groups is 1. The highest BCUT2D eigenvalue weighted by molar-refractivity contribution is 7.90. The Bertz CT molecular complexity index is 1320. The summed E-state index contributed by atoms with van der Waals surface area (Å²) < 4.78 is 25.6. The van der Waals surface area contributed by atoms with Gasteiger partial charge in [-0.15, -0.1) is 0 Å². The zero-order chi connectivity index (χ0) is 20.2. The van der Waals surface area contributed by atoms with Gasteiger partial charge in [-0.25, -0.2) is 18.4 Å². The van der Waals surface area contributed by atoms with Crippen LogP contribution in [0.1, 0.15) is 0 Å². The molecule has 0 spiro atoms. The van der Waals surface area contributed by atoms with Crippen molar-refractivity contribution < 1.29 is 8.42 Å². The number of rotatable bonds is 3. The fraction of sp³-hybridized carbons (Fsp3) is 0.263. The molecule has 0 unspecified atom stereocenters. The summed E-state index contributed by atoms with van der Waals surface area (Å²) in [5.74, 6) is 0. The molecule has 29 heavy (non-hydrogen) atoms. The van der Waals surface area contributed by atoms with Crippen LogP contribution in [-0.4, -0.2) is 50.8 Å². The molecule has 2 aromatic heterocycles. The number of hydrogen-bond donors (Lipinski definition) is 0. The number of hydrogen-bond acceptors (Lipinski definition) is 8. The van der Waals surface area contributed by atoms with Crippen molar-refractivity contribution in [2.75, 3.05) is 42.2 Å². The average Bonchev–Trinajstić information content (AvgIpc) is 3.30. The van der Waals surface area contributed by atoms with Crippen molar-refractivity contribution in [3.8, 4) is 0 Å². The first-order valence-electron chi connectivity index (χ1n) is 9.03. The molecule has 0 N–H and O–H groups in total. The second-order valence-corrected chi connectivity index (χ2v) is 11.5. The lowest BCUT2D eigenvalue weighted by atomic mass is 10.3. The Labute approximate surface area is 181 Å². The minimum Gasteiger partial charge on any atom is -0.345 e. The second-order valence-electron chi connectivity index (χ2n) is 6.98. The van der Waals surface area contributed by atoms with Crippen molar-refractivity contribution in [1.29, 1.82) is 0 Å². The van der Waals surface area contributed by atoms with E-state index in [-0.39, 0.29) is 0 Å². The van der Waals surface area contributed by atoms with Crippen molar-refractivity contribution in [3.05, 3.63) is 41.4 Å². The first-order valence-corrected chi connectivity index (χ1v) is 12.9. The topological polar surface area (TPSA) is 66.4 Å². The van der Waals surface area contributed by atoms with Gasteiger partial charge in [-0.3, -0.25) is 0 Å². The summed E-state index contributed by atoms with van der Waals surface area (Å²) in [6.07, 6.45) is 1.23. The van der Waals surface area contributed by atoms with Crippen molar-refractivity contribution >= 4 is 74.8 Å². The Morgan fingerprint density at radius 1 is 0.862 bits per heavy atom. The van der Waals surface area contributed by atoms with Crippen molar-refractivity contribution in [1.82, 2.24) is 9.97 Å². The largest absolute Gasteiger partial charge is 0.345 e. The van der Waals surface area contributed by atoms with Crippen LogP contribution >= 0.6 is 34.3 Å². The van der Waals surface area contributed by atoms with Crippen LogP contribution in [0, 0.1) is 0 Å². The number of aromatic nitrogens is 2. The highest BCUT2D eigenvalue weighted by Crippen LogP contribution is 2.34. The van der Waals surface area contributed by atoms with Crippen LogP contribution in [0.2, 0.25) is 5.02 Å². The summed E-state index contributed by atoms with van der Waals surface area (Å²) in [7, 11) is -3.22. The molecule has 0 amide bonds. The van der Waals surface area contributed by atoms with Gasteiger partial charge in [0.05, 0.1) is 25.3 Å². The first kappa shape index (κ1) is 19.0. The standard InChI is InChI=1S/C19H17ClN4O2S3/c1-29(25,26)13-3-5-15-17(11-13)28-19(22-15)24-8-6-23(7-9-24)18-21-14-4-2-12(20)10-16(14)27-18/h2-5,10-11H,6-9H2,1H3. The van der Waals surface area contributed by atoms with E-state index in [0.717, 1.165) is 61.9 Å². The molecule has 6 nitrogen and oxygen atoms in total. The van der Waals surface area contributed by atoms with E-state index in [1.54, 1.807) is 40.9 Å². The molecule has 10 heteroatoms. The van der Waals surface area contributed by atoms with Crippen LogP contribution in [0.4, 0.5) is 10.3 Å². The molecular formula is C19H17ClN4O2S3. The maximum absolute atomic E-state index is 11.8. The molecule has 3 heterocycles. The van der Waals surface area contributed by atoms with Gasteiger partial charge in [0.25, 0.3) is 0 Å². The Balaban J connectivity index is 1.34. The van der Waals surface area contributed by atoms with Gasteiger partial charge in [-0.1, -0.05) is 34.3 Å². The summed E-state index contributed by atoms with van der Waals surface area (Å²) in [5, 5.41) is 2.68. The fourth-order valence-electron chi connectivity index (χ4n) is 3.37. The maximum Gasteiger partial charge on any atom is 0.186 e. The van der Waals surface area contributed by atoms with E-state index in [9.17, 15) is 8.42 Å². The Morgan fingerprint density at radius 3 is 1.93 bits per heavy atom. The highest BCUT2D eigenvalue weighted by Gasteiger charge is 2.22. The van der Waals surface area contributed by atoms with E-state index in [0.29, 0.717) is 4.90 Å². The van der Waals surface area contributed by atoms with Crippen molar-refractivity contribution in [2.45, 2.75) is 4.90 Å². The van der Waals surface area contributed by atoms with E-state index >= 15 is 0 Å². The molecule has 0 atom stereocenters. The number of thiazole rings is 2. The van der Waals surface area contributed by atoms with Gasteiger partial charge in [0.1, 0.15) is 0 Å². The van der Waals surface area contributed by atoms with E-state index < -0.39 is 9.84 Å². The Morgan fingerprint density at radius 2 is 1.38 bits per heavy atom. The molecule has 2 aromatic carbocycles. The number of halogens is 1. The number of benzene rings is 2. The monoisotopic (exact) mass is 464 g/mol. The van der Waals surface area contributed by atoms with Gasteiger partial charge in [0, 0.05) is 37.5 Å².